The van der Waals surface area contributed by atoms with Gasteiger partial charge in [-0.2, -0.15) is 5.10 Å². The van der Waals surface area contributed by atoms with Gasteiger partial charge < -0.3 is 10.5 Å². The molecule has 0 spiro atoms. The second kappa shape index (κ2) is 6.03. The van der Waals surface area contributed by atoms with Crippen molar-refractivity contribution in [2.24, 2.45) is 5.73 Å². The molecule has 2 aromatic heterocycles. The monoisotopic (exact) mass is 343 g/mol. The molecular formula is C16H17N5O2S. The Morgan fingerprint density at radius 1 is 1.38 bits per heavy atom. The number of nitrogens with zero attached hydrogens (tertiary/aromatic N) is 4. The standard InChI is InChI=1S/C16H17N5O2S/c1-24-16-18-8-9-2-3-11-13(15(17)22)20-21(14(11)12(9)19-16)10-4-6-23-7-5-10/h2-3,8,10H,4-7H2,1H3,(H2,17,22). The maximum atomic E-state index is 11.9. The lowest BCUT2D eigenvalue weighted by Gasteiger charge is -2.23. The molecule has 1 fully saturated rings. The van der Waals surface area contributed by atoms with Crippen molar-refractivity contribution in [1.82, 2.24) is 19.7 Å². The fraction of sp³-hybridized carbons (Fsp3) is 0.375. The first kappa shape index (κ1) is 15.3. The van der Waals surface area contributed by atoms with Crippen molar-refractivity contribution in [3.63, 3.8) is 0 Å². The molecule has 7 nitrogen and oxygen atoms in total. The van der Waals surface area contributed by atoms with E-state index >= 15 is 0 Å². The minimum Gasteiger partial charge on any atom is -0.381 e. The molecule has 0 aliphatic carbocycles. The van der Waals surface area contributed by atoms with Crippen molar-refractivity contribution in [3.05, 3.63) is 24.0 Å². The highest BCUT2D eigenvalue weighted by Gasteiger charge is 2.24. The summed E-state index contributed by atoms with van der Waals surface area (Å²) in [6.07, 6.45) is 5.45. The number of hydrogen-bond acceptors (Lipinski definition) is 6. The van der Waals surface area contributed by atoms with E-state index in [-0.39, 0.29) is 6.04 Å². The Balaban J connectivity index is 2.05. The van der Waals surface area contributed by atoms with Crippen molar-refractivity contribution < 1.29 is 9.53 Å². The van der Waals surface area contributed by atoms with Crippen LogP contribution in [0.3, 0.4) is 0 Å². The van der Waals surface area contributed by atoms with Crippen LogP contribution >= 0.6 is 11.8 Å². The maximum Gasteiger partial charge on any atom is 0.269 e. The van der Waals surface area contributed by atoms with E-state index in [0.717, 1.165) is 34.6 Å². The van der Waals surface area contributed by atoms with Crippen molar-refractivity contribution in [2.45, 2.75) is 24.0 Å². The molecule has 3 heterocycles. The molecule has 1 aromatic carbocycles. The molecule has 1 aliphatic heterocycles. The predicted molar refractivity (Wildman–Crippen MR) is 92.2 cm³/mol. The zero-order chi connectivity index (χ0) is 16.7. The lowest BCUT2D eigenvalue weighted by Crippen LogP contribution is -2.21. The van der Waals surface area contributed by atoms with Gasteiger partial charge in [0.2, 0.25) is 0 Å². The molecule has 124 valence electrons. The molecule has 0 atom stereocenters. The average Bonchev–Trinajstić information content (AvgIpc) is 3.02. The molecule has 1 amide bonds. The van der Waals surface area contributed by atoms with Crippen LogP contribution in [0, 0.1) is 0 Å². The second-order valence-corrected chi connectivity index (χ2v) is 6.53. The van der Waals surface area contributed by atoms with Gasteiger partial charge in [-0.05, 0) is 25.2 Å². The molecule has 0 bridgehead atoms. The maximum absolute atomic E-state index is 11.9. The number of carbonyl (C=O) groups excluding carboxylic acids is 1. The molecule has 24 heavy (non-hydrogen) atoms. The number of thioether (sulfide) groups is 1. The number of fused-ring (bicyclic) bond motifs is 3. The van der Waals surface area contributed by atoms with Crippen LogP contribution < -0.4 is 5.73 Å². The number of carbonyl (C=O) groups is 1. The number of rotatable bonds is 3. The van der Waals surface area contributed by atoms with E-state index in [9.17, 15) is 4.79 Å². The fourth-order valence-corrected chi connectivity index (χ4v) is 3.52. The third-order valence-corrected chi connectivity index (χ3v) is 4.91. The summed E-state index contributed by atoms with van der Waals surface area (Å²) in [5, 5.41) is 6.89. The summed E-state index contributed by atoms with van der Waals surface area (Å²) >= 11 is 1.48. The molecule has 0 radical (unpaired) electrons. The zero-order valence-corrected chi connectivity index (χ0v) is 14.0. The van der Waals surface area contributed by atoms with Crippen LogP contribution in [-0.4, -0.2) is 45.1 Å². The minimum absolute atomic E-state index is 0.174. The third-order valence-electron chi connectivity index (χ3n) is 4.35. The highest BCUT2D eigenvalue weighted by molar-refractivity contribution is 7.98. The summed E-state index contributed by atoms with van der Waals surface area (Å²) in [5.41, 5.74) is 7.50. The average molecular weight is 343 g/mol. The summed E-state index contributed by atoms with van der Waals surface area (Å²) in [6, 6.07) is 3.96. The zero-order valence-electron chi connectivity index (χ0n) is 13.2. The van der Waals surface area contributed by atoms with Crippen LogP contribution in [0.5, 0.6) is 0 Å². The lowest BCUT2D eigenvalue weighted by molar-refractivity contribution is 0.0673. The van der Waals surface area contributed by atoms with Gasteiger partial charge in [0.05, 0.1) is 11.6 Å². The minimum atomic E-state index is -0.524. The quantitative estimate of drug-likeness (QED) is 0.578. The molecule has 1 aliphatic rings. The second-order valence-electron chi connectivity index (χ2n) is 5.76. The number of aromatic nitrogens is 4. The van der Waals surface area contributed by atoms with Crippen LogP contribution in [0.1, 0.15) is 29.4 Å². The van der Waals surface area contributed by atoms with Gasteiger partial charge in [0.25, 0.3) is 5.91 Å². The predicted octanol–water partition coefficient (Wildman–Crippen LogP) is 2.15. The highest BCUT2D eigenvalue weighted by Crippen LogP contribution is 2.32. The largest absolute Gasteiger partial charge is 0.381 e. The number of primary amides is 1. The van der Waals surface area contributed by atoms with Gasteiger partial charge in [0.1, 0.15) is 5.52 Å². The number of benzene rings is 1. The van der Waals surface area contributed by atoms with Crippen molar-refractivity contribution in [3.8, 4) is 0 Å². The van der Waals surface area contributed by atoms with E-state index < -0.39 is 5.91 Å². The van der Waals surface area contributed by atoms with Gasteiger partial charge in [0, 0.05) is 30.2 Å². The Morgan fingerprint density at radius 2 is 2.17 bits per heavy atom. The molecule has 0 saturated carbocycles. The number of nitrogens with two attached hydrogens (primary N) is 1. The van der Waals surface area contributed by atoms with E-state index in [1.807, 2.05) is 23.1 Å². The third kappa shape index (κ3) is 2.42. The summed E-state index contributed by atoms with van der Waals surface area (Å²) in [7, 11) is 0. The summed E-state index contributed by atoms with van der Waals surface area (Å²) < 4.78 is 7.36. The topological polar surface area (TPSA) is 95.9 Å². The smallest absolute Gasteiger partial charge is 0.269 e. The molecule has 3 aromatic rings. The molecule has 8 heteroatoms. The van der Waals surface area contributed by atoms with Crippen LogP contribution in [0.25, 0.3) is 21.8 Å². The Kier molecular flexibility index (Phi) is 3.85. The van der Waals surface area contributed by atoms with Gasteiger partial charge in [-0.25, -0.2) is 9.97 Å². The Hall–Kier alpha value is -2.19. The molecule has 4 rings (SSSR count). The van der Waals surface area contributed by atoms with Gasteiger partial charge in [-0.15, -0.1) is 0 Å². The van der Waals surface area contributed by atoms with Crippen molar-refractivity contribution in [2.75, 3.05) is 19.5 Å². The van der Waals surface area contributed by atoms with Gasteiger partial charge in [-0.3, -0.25) is 9.48 Å². The Morgan fingerprint density at radius 3 is 2.88 bits per heavy atom. The number of ether oxygens (including phenoxy) is 1. The van der Waals surface area contributed by atoms with E-state index in [4.69, 9.17) is 10.5 Å². The summed E-state index contributed by atoms with van der Waals surface area (Å²) in [4.78, 5) is 20.8. The number of hydrogen-bond donors (Lipinski definition) is 1. The summed E-state index contributed by atoms with van der Waals surface area (Å²) in [6.45, 7) is 1.38. The Bertz CT molecular complexity index is 933. The van der Waals surface area contributed by atoms with Crippen LogP contribution in [0.4, 0.5) is 0 Å². The van der Waals surface area contributed by atoms with Gasteiger partial charge >= 0.3 is 0 Å². The van der Waals surface area contributed by atoms with E-state index in [2.05, 4.69) is 15.1 Å². The fourth-order valence-electron chi connectivity index (χ4n) is 3.18. The van der Waals surface area contributed by atoms with Crippen LogP contribution in [0.15, 0.2) is 23.5 Å². The summed E-state index contributed by atoms with van der Waals surface area (Å²) in [5.74, 6) is -0.524. The molecule has 2 N–H and O–H groups in total. The SMILES string of the molecule is CSc1ncc2ccc3c(C(N)=O)nn(C4CCOCC4)c3c2n1. The first-order valence-electron chi connectivity index (χ1n) is 7.78. The highest BCUT2D eigenvalue weighted by atomic mass is 32.2. The normalized spacial score (nSPS) is 16.0. The molecule has 0 unspecified atom stereocenters. The number of amides is 1. The van der Waals surface area contributed by atoms with E-state index in [0.29, 0.717) is 24.1 Å². The first-order valence-corrected chi connectivity index (χ1v) is 9.01. The first-order chi connectivity index (χ1) is 11.7. The van der Waals surface area contributed by atoms with E-state index in [1.54, 1.807) is 6.20 Å². The molecular weight excluding hydrogens is 326 g/mol. The lowest BCUT2D eigenvalue weighted by atomic mass is 10.1. The van der Waals surface area contributed by atoms with Crippen molar-refractivity contribution in [1.29, 1.82) is 0 Å². The van der Waals surface area contributed by atoms with Crippen LogP contribution in [0.2, 0.25) is 0 Å². The van der Waals surface area contributed by atoms with Gasteiger partial charge in [-0.1, -0.05) is 17.8 Å². The Labute approximate surface area is 142 Å². The van der Waals surface area contributed by atoms with Crippen LogP contribution in [-0.2, 0) is 4.74 Å². The van der Waals surface area contributed by atoms with Crippen molar-refractivity contribution >= 4 is 39.5 Å². The molecule has 1 saturated heterocycles. The van der Waals surface area contributed by atoms with E-state index in [1.165, 1.54) is 11.8 Å². The van der Waals surface area contributed by atoms with Gasteiger partial charge in [0.15, 0.2) is 10.9 Å².